The lowest BCUT2D eigenvalue weighted by molar-refractivity contribution is 0.0698. The number of aromatic amines is 1. The predicted octanol–water partition coefficient (Wildman–Crippen LogP) is 2.05. The van der Waals surface area contributed by atoms with Crippen LogP contribution >= 0.6 is 11.3 Å². The second kappa shape index (κ2) is 5.53. The van der Waals surface area contributed by atoms with Crippen molar-refractivity contribution in [1.82, 2.24) is 15.5 Å². The number of urea groups is 1. The van der Waals surface area contributed by atoms with Gasteiger partial charge in [0.25, 0.3) is 0 Å². The summed E-state index contributed by atoms with van der Waals surface area (Å²) in [5.74, 6) is -1.07. The minimum absolute atomic E-state index is 0.0797. The van der Waals surface area contributed by atoms with Gasteiger partial charge in [0.1, 0.15) is 5.00 Å². The van der Waals surface area contributed by atoms with E-state index in [9.17, 15) is 9.59 Å². The Hall–Kier alpha value is -2.35. The molecule has 2 aromatic heterocycles. The molecular formula is C11H12N4O3S. The number of anilines is 1. The summed E-state index contributed by atoms with van der Waals surface area (Å²) in [6.07, 6.45) is 3.29. The average molecular weight is 280 g/mol. The molecule has 19 heavy (non-hydrogen) atoms. The first-order valence-electron chi connectivity index (χ1n) is 5.45. The molecule has 2 aromatic rings. The van der Waals surface area contributed by atoms with E-state index in [0.717, 1.165) is 16.9 Å². The lowest BCUT2D eigenvalue weighted by Gasteiger charge is -2.12. The van der Waals surface area contributed by atoms with Crippen LogP contribution in [0, 0.1) is 0 Å². The number of rotatable bonds is 4. The number of carbonyl (C=O) groups is 2. The minimum atomic E-state index is -1.07. The molecular weight excluding hydrogens is 268 g/mol. The number of thiophene rings is 1. The Bertz CT molecular complexity index is 579. The molecule has 2 rings (SSSR count). The fourth-order valence-electron chi connectivity index (χ4n) is 1.49. The molecule has 8 heteroatoms. The van der Waals surface area contributed by atoms with Crippen molar-refractivity contribution in [3.8, 4) is 0 Å². The molecule has 0 aromatic carbocycles. The Morgan fingerprint density at radius 2 is 2.32 bits per heavy atom. The molecule has 0 saturated heterocycles. The molecule has 2 heterocycles. The number of carboxylic acids is 1. The Labute approximate surface area is 112 Å². The first-order chi connectivity index (χ1) is 9.08. The summed E-state index contributed by atoms with van der Waals surface area (Å²) in [6, 6.07) is 0.757. The number of carboxylic acid groups (broad SMARTS) is 1. The molecule has 0 aliphatic heterocycles. The van der Waals surface area contributed by atoms with E-state index in [1.54, 1.807) is 24.7 Å². The van der Waals surface area contributed by atoms with Gasteiger partial charge in [0.05, 0.1) is 17.8 Å². The molecule has 0 spiro atoms. The maximum Gasteiger partial charge on any atom is 0.338 e. The van der Waals surface area contributed by atoms with Crippen molar-refractivity contribution >= 4 is 28.3 Å². The molecule has 1 unspecified atom stereocenters. The lowest BCUT2D eigenvalue weighted by Crippen LogP contribution is -2.31. The van der Waals surface area contributed by atoms with E-state index in [1.165, 1.54) is 6.07 Å². The summed E-state index contributed by atoms with van der Waals surface area (Å²) in [4.78, 5) is 22.6. The standard InChI is InChI=1S/C11H12N4O3S/c1-6(7-4-12-13-5-7)14-11(18)15-9-8(10(16)17)2-3-19-9/h2-6H,1H3,(H,12,13)(H,16,17)(H2,14,15,18). The Morgan fingerprint density at radius 3 is 2.95 bits per heavy atom. The number of nitrogens with zero attached hydrogens (tertiary/aromatic N) is 1. The van der Waals surface area contributed by atoms with Crippen LogP contribution in [-0.4, -0.2) is 27.3 Å². The predicted molar refractivity (Wildman–Crippen MR) is 70.4 cm³/mol. The van der Waals surface area contributed by atoms with Gasteiger partial charge in [0, 0.05) is 11.8 Å². The van der Waals surface area contributed by atoms with Gasteiger partial charge in [-0.1, -0.05) is 0 Å². The number of aromatic nitrogens is 2. The van der Waals surface area contributed by atoms with Crippen LogP contribution in [-0.2, 0) is 0 Å². The third-order valence-corrected chi connectivity index (χ3v) is 3.32. The number of hydrogen-bond acceptors (Lipinski definition) is 4. The van der Waals surface area contributed by atoms with Crippen LogP contribution in [0.3, 0.4) is 0 Å². The average Bonchev–Trinajstić information content (AvgIpc) is 2.98. The van der Waals surface area contributed by atoms with Crippen molar-refractivity contribution < 1.29 is 14.7 Å². The van der Waals surface area contributed by atoms with Crippen molar-refractivity contribution in [2.75, 3.05) is 5.32 Å². The molecule has 0 fully saturated rings. The lowest BCUT2D eigenvalue weighted by atomic mass is 10.2. The quantitative estimate of drug-likeness (QED) is 0.687. The van der Waals surface area contributed by atoms with Gasteiger partial charge >= 0.3 is 12.0 Å². The van der Waals surface area contributed by atoms with Crippen molar-refractivity contribution in [1.29, 1.82) is 0 Å². The second-order valence-corrected chi connectivity index (χ2v) is 4.74. The van der Waals surface area contributed by atoms with Crippen LogP contribution in [0.25, 0.3) is 0 Å². The summed E-state index contributed by atoms with van der Waals surface area (Å²) in [7, 11) is 0. The normalized spacial score (nSPS) is 11.8. The van der Waals surface area contributed by atoms with E-state index in [1.807, 2.05) is 0 Å². The number of aromatic carboxylic acids is 1. The zero-order chi connectivity index (χ0) is 13.8. The third-order valence-electron chi connectivity index (χ3n) is 2.49. The van der Waals surface area contributed by atoms with Crippen LogP contribution in [0.4, 0.5) is 9.80 Å². The van der Waals surface area contributed by atoms with Crippen LogP contribution in [0.15, 0.2) is 23.8 Å². The summed E-state index contributed by atoms with van der Waals surface area (Å²) in [6.45, 7) is 1.80. The molecule has 0 aliphatic carbocycles. The Kier molecular flexibility index (Phi) is 3.81. The first kappa shape index (κ1) is 13.1. The van der Waals surface area contributed by atoms with Gasteiger partial charge in [-0.2, -0.15) is 5.10 Å². The van der Waals surface area contributed by atoms with Crippen LogP contribution < -0.4 is 10.6 Å². The molecule has 1 atom stereocenters. The zero-order valence-corrected chi connectivity index (χ0v) is 10.8. The third kappa shape index (κ3) is 3.10. The van der Waals surface area contributed by atoms with Crippen LogP contribution in [0.2, 0.25) is 0 Å². The molecule has 0 saturated carbocycles. The molecule has 0 radical (unpaired) electrons. The number of H-pyrrole nitrogens is 1. The van der Waals surface area contributed by atoms with Crippen molar-refractivity contribution in [3.05, 3.63) is 35.0 Å². The number of hydrogen-bond donors (Lipinski definition) is 4. The SMILES string of the molecule is CC(NC(=O)Nc1sccc1C(=O)O)c1cn[nH]c1. The van der Waals surface area contributed by atoms with E-state index in [4.69, 9.17) is 5.11 Å². The van der Waals surface area contributed by atoms with E-state index in [-0.39, 0.29) is 11.6 Å². The van der Waals surface area contributed by atoms with E-state index in [0.29, 0.717) is 5.00 Å². The van der Waals surface area contributed by atoms with E-state index < -0.39 is 12.0 Å². The van der Waals surface area contributed by atoms with E-state index >= 15 is 0 Å². The van der Waals surface area contributed by atoms with Gasteiger partial charge < -0.3 is 10.4 Å². The number of amides is 2. The highest BCUT2D eigenvalue weighted by atomic mass is 32.1. The van der Waals surface area contributed by atoms with Gasteiger partial charge in [-0.05, 0) is 18.4 Å². The molecule has 0 aliphatic rings. The molecule has 7 nitrogen and oxygen atoms in total. The van der Waals surface area contributed by atoms with Crippen molar-refractivity contribution in [2.24, 2.45) is 0 Å². The fourth-order valence-corrected chi connectivity index (χ4v) is 2.27. The summed E-state index contributed by atoms with van der Waals surface area (Å²) < 4.78 is 0. The monoisotopic (exact) mass is 280 g/mol. The van der Waals surface area contributed by atoms with Crippen LogP contribution in [0.1, 0.15) is 28.9 Å². The molecule has 100 valence electrons. The van der Waals surface area contributed by atoms with Crippen molar-refractivity contribution in [2.45, 2.75) is 13.0 Å². The topological polar surface area (TPSA) is 107 Å². The summed E-state index contributed by atoms with van der Waals surface area (Å²) in [5, 5.41) is 22.5. The number of carbonyl (C=O) groups excluding carboxylic acids is 1. The molecule has 2 amide bonds. The maximum absolute atomic E-state index is 11.8. The second-order valence-electron chi connectivity index (χ2n) is 3.82. The van der Waals surface area contributed by atoms with Gasteiger partial charge in [-0.25, -0.2) is 9.59 Å². The van der Waals surface area contributed by atoms with Crippen LogP contribution in [0.5, 0.6) is 0 Å². The highest BCUT2D eigenvalue weighted by Gasteiger charge is 2.15. The minimum Gasteiger partial charge on any atom is -0.478 e. The van der Waals surface area contributed by atoms with Gasteiger partial charge in [-0.15, -0.1) is 11.3 Å². The smallest absolute Gasteiger partial charge is 0.338 e. The van der Waals surface area contributed by atoms with Gasteiger partial charge in [0.15, 0.2) is 0 Å². The zero-order valence-electron chi connectivity index (χ0n) is 10.0. The Balaban J connectivity index is 1.98. The largest absolute Gasteiger partial charge is 0.478 e. The fraction of sp³-hybridized carbons (Fsp3) is 0.182. The van der Waals surface area contributed by atoms with E-state index in [2.05, 4.69) is 20.8 Å². The summed E-state index contributed by atoms with van der Waals surface area (Å²) >= 11 is 1.16. The summed E-state index contributed by atoms with van der Waals surface area (Å²) in [5.41, 5.74) is 0.913. The van der Waals surface area contributed by atoms with Gasteiger partial charge in [0.2, 0.25) is 0 Å². The maximum atomic E-state index is 11.8. The molecule has 4 N–H and O–H groups in total. The number of nitrogens with one attached hydrogen (secondary N) is 3. The first-order valence-corrected chi connectivity index (χ1v) is 6.33. The highest BCUT2D eigenvalue weighted by molar-refractivity contribution is 7.14. The molecule has 0 bridgehead atoms. The van der Waals surface area contributed by atoms with Gasteiger partial charge in [-0.3, -0.25) is 10.4 Å². The van der Waals surface area contributed by atoms with Crippen molar-refractivity contribution in [3.63, 3.8) is 0 Å². The highest BCUT2D eigenvalue weighted by Crippen LogP contribution is 2.23. The Morgan fingerprint density at radius 1 is 1.53 bits per heavy atom.